The van der Waals surface area contributed by atoms with E-state index in [0.29, 0.717) is 37.6 Å². The maximum atomic E-state index is 11.3. The van der Waals surface area contributed by atoms with Crippen LogP contribution in [0.15, 0.2) is 18.2 Å². The molecule has 5 heteroatoms. The summed E-state index contributed by atoms with van der Waals surface area (Å²) in [6.07, 6.45) is 0.323. The van der Waals surface area contributed by atoms with Crippen molar-refractivity contribution in [3.63, 3.8) is 0 Å². The molecule has 0 heterocycles. The van der Waals surface area contributed by atoms with Gasteiger partial charge in [0, 0.05) is 13.1 Å². The minimum absolute atomic E-state index is 0.0218. The first-order valence-electron chi connectivity index (χ1n) is 5.97. The van der Waals surface area contributed by atoms with Crippen LogP contribution in [-0.4, -0.2) is 26.2 Å². The Bertz CT molecular complexity index is 394. The molecule has 0 fully saturated rings. The fourth-order valence-corrected chi connectivity index (χ4v) is 1.50. The fourth-order valence-electron chi connectivity index (χ4n) is 1.50. The van der Waals surface area contributed by atoms with Crippen LogP contribution in [0.1, 0.15) is 18.9 Å². The van der Waals surface area contributed by atoms with E-state index in [1.807, 2.05) is 25.1 Å². The lowest BCUT2D eigenvalue weighted by molar-refractivity contribution is -0.121. The fraction of sp³-hybridized carbons (Fsp3) is 0.462. The Morgan fingerprint density at radius 1 is 1.39 bits per heavy atom. The lowest BCUT2D eigenvalue weighted by Gasteiger charge is -2.11. The van der Waals surface area contributed by atoms with Crippen molar-refractivity contribution < 1.29 is 14.3 Å². The number of nitrogens with two attached hydrogens (primary N) is 1. The number of hydrogen-bond acceptors (Lipinski definition) is 4. The molecule has 0 aromatic heterocycles. The van der Waals surface area contributed by atoms with E-state index >= 15 is 0 Å². The average Bonchev–Trinajstić information content (AvgIpc) is 2.39. The second kappa shape index (κ2) is 7.55. The molecule has 18 heavy (non-hydrogen) atoms. The van der Waals surface area contributed by atoms with Gasteiger partial charge < -0.3 is 20.5 Å². The number of rotatable bonds is 7. The molecule has 1 rings (SSSR count). The number of benzene rings is 1. The van der Waals surface area contributed by atoms with Crippen molar-refractivity contribution in [2.75, 3.05) is 20.3 Å². The van der Waals surface area contributed by atoms with Crippen LogP contribution >= 0.6 is 0 Å². The molecule has 0 radical (unpaired) electrons. The molecule has 0 bridgehead atoms. The predicted molar refractivity (Wildman–Crippen MR) is 69.7 cm³/mol. The van der Waals surface area contributed by atoms with Crippen molar-refractivity contribution in [1.82, 2.24) is 5.32 Å². The van der Waals surface area contributed by atoms with Gasteiger partial charge in [-0.1, -0.05) is 6.07 Å². The highest BCUT2D eigenvalue weighted by atomic mass is 16.5. The van der Waals surface area contributed by atoms with Gasteiger partial charge in [-0.15, -0.1) is 0 Å². The van der Waals surface area contributed by atoms with E-state index in [9.17, 15) is 4.79 Å². The highest BCUT2D eigenvalue weighted by molar-refractivity contribution is 5.75. The predicted octanol–water partition coefficient (Wildman–Crippen LogP) is 1.06. The Morgan fingerprint density at radius 2 is 2.17 bits per heavy atom. The van der Waals surface area contributed by atoms with Crippen LogP contribution in [0, 0.1) is 0 Å². The summed E-state index contributed by atoms with van der Waals surface area (Å²) in [6.45, 7) is 3.27. The lowest BCUT2D eigenvalue weighted by Crippen LogP contribution is -2.24. The van der Waals surface area contributed by atoms with Gasteiger partial charge in [0.15, 0.2) is 11.5 Å². The number of carbonyl (C=O) groups excluding carboxylic acids is 1. The third-order valence-corrected chi connectivity index (χ3v) is 2.42. The van der Waals surface area contributed by atoms with Crippen LogP contribution in [0.25, 0.3) is 0 Å². The zero-order valence-corrected chi connectivity index (χ0v) is 10.9. The van der Waals surface area contributed by atoms with Gasteiger partial charge in [-0.05, 0) is 24.6 Å². The van der Waals surface area contributed by atoms with E-state index < -0.39 is 0 Å². The normalized spacial score (nSPS) is 9.94. The molecule has 0 aliphatic heterocycles. The molecule has 0 unspecified atom stereocenters. The molecule has 0 atom stereocenters. The zero-order chi connectivity index (χ0) is 13.4. The molecule has 1 amide bonds. The van der Waals surface area contributed by atoms with Crippen molar-refractivity contribution in [3.8, 4) is 11.5 Å². The smallest absolute Gasteiger partial charge is 0.223 e. The highest BCUT2D eigenvalue weighted by Gasteiger charge is 2.06. The molecule has 0 saturated carbocycles. The van der Waals surface area contributed by atoms with Gasteiger partial charge in [0.2, 0.25) is 5.91 Å². The van der Waals surface area contributed by atoms with Crippen molar-refractivity contribution in [1.29, 1.82) is 0 Å². The first-order chi connectivity index (χ1) is 8.71. The van der Waals surface area contributed by atoms with Crippen molar-refractivity contribution in [2.24, 2.45) is 5.73 Å². The largest absolute Gasteiger partial charge is 0.493 e. The summed E-state index contributed by atoms with van der Waals surface area (Å²) in [6, 6.07) is 5.52. The van der Waals surface area contributed by atoms with Gasteiger partial charge in [-0.25, -0.2) is 0 Å². The second-order valence-corrected chi connectivity index (χ2v) is 3.74. The maximum Gasteiger partial charge on any atom is 0.223 e. The summed E-state index contributed by atoms with van der Waals surface area (Å²) in [5.74, 6) is 1.24. The van der Waals surface area contributed by atoms with E-state index in [0.717, 1.165) is 5.56 Å². The van der Waals surface area contributed by atoms with Crippen LogP contribution in [-0.2, 0) is 11.3 Å². The molecule has 5 nitrogen and oxygen atoms in total. The number of amides is 1. The van der Waals surface area contributed by atoms with Gasteiger partial charge in [-0.3, -0.25) is 4.79 Å². The van der Waals surface area contributed by atoms with Crippen LogP contribution < -0.4 is 20.5 Å². The third-order valence-electron chi connectivity index (χ3n) is 2.42. The number of methoxy groups -OCH3 is 1. The molecule has 100 valence electrons. The Morgan fingerprint density at radius 3 is 2.78 bits per heavy atom. The van der Waals surface area contributed by atoms with Gasteiger partial charge in [0.25, 0.3) is 0 Å². The summed E-state index contributed by atoms with van der Waals surface area (Å²) < 4.78 is 10.7. The van der Waals surface area contributed by atoms with Gasteiger partial charge >= 0.3 is 0 Å². The Balaban J connectivity index is 2.57. The van der Waals surface area contributed by atoms with Gasteiger partial charge in [0.05, 0.1) is 20.1 Å². The number of nitrogens with one attached hydrogen (secondary N) is 1. The molecule has 1 aromatic carbocycles. The quantitative estimate of drug-likeness (QED) is 0.761. The maximum absolute atomic E-state index is 11.3. The van der Waals surface area contributed by atoms with Crippen LogP contribution in [0.4, 0.5) is 0 Å². The Labute approximate surface area is 107 Å². The molecular formula is C13H20N2O3. The number of ether oxygens (including phenoxy) is 2. The molecule has 1 aromatic rings. The van der Waals surface area contributed by atoms with Crippen molar-refractivity contribution in [3.05, 3.63) is 23.8 Å². The molecule has 0 aliphatic carbocycles. The standard InChI is InChI=1S/C13H20N2O3/c1-3-15-13(16)6-7-18-12-8-10(9-14)4-5-11(12)17-2/h4-5,8H,3,6-7,9,14H2,1-2H3,(H,15,16). The molecule has 0 saturated heterocycles. The van der Waals surface area contributed by atoms with E-state index in [4.69, 9.17) is 15.2 Å². The summed E-state index contributed by atoms with van der Waals surface area (Å²) >= 11 is 0. The second-order valence-electron chi connectivity index (χ2n) is 3.74. The summed E-state index contributed by atoms with van der Waals surface area (Å²) in [7, 11) is 1.58. The average molecular weight is 252 g/mol. The van der Waals surface area contributed by atoms with Crippen LogP contribution in [0.5, 0.6) is 11.5 Å². The van der Waals surface area contributed by atoms with E-state index in [-0.39, 0.29) is 5.91 Å². The van der Waals surface area contributed by atoms with E-state index in [1.54, 1.807) is 7.11 Å². The molecule has 0 aliphatic rings. The van der Waals surface area contributed by atoms with Gasteiger partial charge in [0.1, 0.15) is 0 Å². The zero-order valence-electron chi connectivity index (χ0n) is 10.9. The topological polar surface area (TPSA) is 73.6 Å². The molecular weight excluding hydrogens is 232 g/mol. The monoisotopic (exact) mass is 252 g/mol. The first-order valence-corrected chi connectivity index (χ1v) is 5.97. The van der Waals surface area contributed by atoms with E-state index in [1.165, 1.54) is 0 Å². The van der Waals surface area contributed by atoms with Crippen molar-refractivity contribution >= 4 is 5.91 Å². The minimum atomic E-state index is -0.0218. The number of hydrogen-bond donors (Lipinski definition) is 2. The number of carbonyl (C=O) groups is 1. The summed E-state index contributed by atoms with van der Waals surface area (Å²) in [5, 5.41) is 2.71. The van der Waals surface area contributed by atoms with Crippen molar-refractivity contribution in [2.45, 2.75) is 19.9 Å². The third kappa shape index (κ3) is 4.25. The first kappa shape index (κ1) is 14.3. The molecule has 3 N–H and O–H groups in total. The van der Waals surface area contributed by atoms with Crippen LogP contribution in [0.2, 0.25) is 0 Å². The lowest BCUT2D eigenvalue weighted by atomic mass is 10.2. The summed E-state index contributed by atoms with van der Waals surface area (Å²) in [5.41, 5.74) is 6.53. The molecule has 0 spiro atoms. The van der Waals surface area contributed by atoms with Crippen LogP contribution in [0.3, 0.4) is 0 Å². The van der Waals surface area contributed by atoms with Gasteiger partial charge in [-0.2, -0.15) is 0 Å². The minimum Gasteiger partial charge on any atom is -0.493 e. The Hall–Kier alpha value is -1.75. The van der Waals surface area contributed by atoms with E-state index in [2.05, 4.69) is 5.32 Å². The Kier molecular flexibility index (Phi) is 6.00. The highest BCUT2D eigenvalue weighted by Crippen LogP contribution is 2.27. The SMILES string of the molecule is CCNC(=O)CCOc1cc(CN)ccc1OC. The summed E-state index contributed by atoms with van der Waals surface area (Å²) in [4.78, 5) is 11.3.